The Bertz CT molecular complexity index is 1440. The van der Waals surface area contributed by atoms with Crippen LogP contribution in [0.15, 0.2) is 91.3 Å². The van der Waals surface area contributed by atoms with Gasteiger partial charge in [0.05, 0.1) is 6.20 Å². The molecule has 6 nitrogen and oxygen atoms in total. The SMILES string of the molecule is CSCC[C@@H](C(=O)O)N(C(=O)c1ccccc1-c1ccccc1C)c1ccc(COc2cccnc2)c(C)c1. The molecule has 0 aliphatic rings. The van der Waals surface area contributed by atoms with E-state index in [1.54, 1.807) is 36.3 Å². The van der Waals surface area contributed by atoms with Crippen molar-refractivity contribution in [2.24, 2.45) is 0 Å². The highest BCUT2D eigenvalue weighted by atomic mass is 32.2. The van der Waals surface area contributed by atoms with Crippen LogP contribution in [0.1, 0.15) is 33.5 Å². The fourth-order valence-electron chi connectivity index (χ4n) is 4.53. The molecule has 7 heteroatoms. The molecular formula is C32H32N2O4S. The van der Waals surface area contributed by atoms with Crippen LogP contribution in [0.5, 0.6) is 5.75 Å². The van der Waals surface area contributed by atoms with Gasteiger partial charge >= 0.3 is 5.97 Å². The molecule has 0 spiro atoms. The van der Waals surface area contributed by atoms with Gasteiger partial charge in [0.2, 0.25) is 0 Å². The Hall–Kier alpha value is -4.10. The van der Waals surface area contributed by atoms with Gasteiger partial charge < -0.3 is 9.84 Å². The van der Waals surface area contributed by atoms with Gasteiger partial charge in [0.25, 0.3) is 5.91 Å². The smallest absolute Gasteiger partial charge is 0.326 e. The summed E-state index contributed by atoms with van der Waals surface area (Å²) in [5.74, 6) is -0.113. The maximum absolute atomic E-state index is 14.3. The van der Waals surface area contributed by atoms with E-state index in [-0.39, 0.29) is 5.91 Å². The number of hydrogen-bond donors (Lipinski definition) is 1. The van der Waals surface area contributed by atoms with Crippen LogP contribution in [0.25, 0.3) is 11.1 Å². The van der Waals surface area contributed by atoms with Crippen molar-refractivity contribution < 1.29 is 19.4 Å². The van der Waals surface area contributed by atoms with E-state index in [1.165, 1.54) is 4.90 Å². The standard InChI is InChI=1S/C32H32N2O4S/c1-22-9-4-5-11-27(22)28-12-6-7-13-29(28)31(35)34(30(32(36)37)16-18-39-3)25-15-14-24(23(2)19-25)21-38-26-10-8-17-33-20-26/h4-15,17,19-20,30H,16,18,21H2,1-3H3,(H,36,37)/t30-/m0/s1. The summed E-state index contributed by atoms with van der Waals surface area (Å²) in [4.78, 5) is 32.4. The molecule has 0 radical (unpaired) electrons. The monoisotopic (exact) mass is 540 g/mol. The molecule has 1 heterocycles. The van der Waals surface area contributed by atoms with Gasteiger partial charge in [-0.2, -0.15) is 11.8 Å². The summed E-state index contributed by atoms with van der Waals surface area (Å²) < 4.78 is 5.86. The number of carboxylic acid groups (broad SMARTS) is 1. The lowest BCUT2D eigenvalue weighted by Crippen LogP contribution is -2.46. The van der Waals surface area contributed by atoms with Crippen LogP contribution in [-0.4, -0.2) is 40.0 Å². The Morgan fingerprint density at radius 3 is 2.36 bits per heavy atom. The van der Waals surface area contributed by atoms with Crippen molar-refractivity contribution in [2.75, 3.05) is 16.9 Å². The second-order valence-corrected chi connectivity index (χ2v) is 10.2. The Balaban J connectivity index is 1.75. The Morgan fingerprint density at radius 1 is 0.949 bits per heavy atom. The zero-order valence-corrected chi connectivity index (χ0v) is 23.2. The molecule has 0 fully saturated rings. The summed E-state index contributed by atoms with van der Waals surface area (Å²) in [7, 11) is 0. The number of amides is 1. The first kappa shape index (κ1) is 27.9. The molecule has 200 valence electrons. The van der Waals surface area contributed by atoms with E-state index in [9.17, 15) is 14.7 Å². The maximum Gasteiger partial charge on any atom is 0.326 e. The number of ether oxygens (including phenoxy) is 1. The molecule has 39 heavy (non-hydrogen) atoms. The van der Waals surface area contributed by atoms with Crippen LogP contribution in [0.3, 0.4) is 0 Å². The lowest BCUT2D eigenvalue weighted by atomic mass is 9.94. The first-order valence-corrected chi connectivity index (χ1v) is 14.1. The first-order valence-electron chi connectivity index (χ1n) is 12.7. The van der Waals surface area contributed by atoms with Crippen LogP contribution < -0.4 is 9.64 Å². The van der Waals surface area contributed by atoms with Gasteiger partial charge in [0.1, 0.15) is 18.4 Å². The van der Waals surface area contributed by atoms with E-state index in [1.807, 2.05) is 86.8 Å². The normalized spacial score (nSPS) is 11.6. The molecule has 0 aliphatic carbocycles. The van der Waals surface area contributed by atoms with Crippen molar-refractivity contribution >= 4 is 29.3 Å². The summed E-state index contributed by atoms with van der Waals surface area (Å²) in [6.45, 7) is 4.27. The van der Waals surface area contributed by atoms with Crippen molar-refractivity contribution in [3.05, 3.63) is 114 Å². The molecule has 3 aromatic carbocycles. The van der Waals surface area contributed by atoms with Gasteiger partial charge in [-0.3, -0.25) is 14.7 Å². The Morgan fingerprint density at radius 2 is 1.69 bits per heavy atom. The largest absolute Gasteiger partial charge is 0.487 e. The highest BCUT2D eigenvalue weighted by Gasteiger charge is 2.33. The fourth-order valence-corrected chi connectivity index (χ4v) is 4.98. The predicted molar refractivity (Wildman–Crippen MR) is 158 cm³/mol. The van der Waals surface area contributed by atoms with E-state index in [4.69, 9.17) is 4.74 Å². The molecule has 0 saturated carbocycles. The second-order valence-electron chi connectivity index (χ2n) is 9.26. The minimum absolute atomic E-state index is 0.319. The fraction of sp³-hybridized carbons (Fsp3) is 0.219. The highest BCUT2D eigenvalue weighted by Crippen LogP contribution is 2.31. The van der Waals surface area contributed by atoms with Crippen molar-refractivity contribution in [3.8, 4) is 16.9 Å². The van der Waals surface area contributed by atoms with Crippen LogP contribution in [0.4, 0.5) is 5.69 Å². The molecule has 1 N–H and O–H groups in total. The zero-order valence-electron chi connectivity index (χ0n) is 22.3. The van der Waals surface area contributed by atoms with Crippen LogP contribution in [0, 0.1) is 13.8 Å². The average molecular weight is 541 g/mol. The van der Waals surface area contributed by atoms with Gasteiger partial charge in [0, 0.05) is 17.4 Å². The third-order valence-corrected chi connectivity index (χ3v) is 7.28. The Kier molecular flexibility index (Phi) is 9.39. The predicted octanol–water partition coefficient (Wildman–Crippen LogP) is 6.80. The number of rotatable bonds is 11. The molecule has 4 rings (SSSR count). The number of nitrogens with zero attached hydrogens (tertiary/aromatic N) is 2. The maximum atomic E-state index is 14.3. The van der Waals surface area contributed by atoms with Gasteiger partial charge in [-0.25, -0.2) is 4.79 Å². The number of carbonyl (C=O) groups is 2. The van der Waals surface area contributed by atoms with Crippen molar-refractivity contribution in [2.45, 2.75) is 32.9 Å². The number of thioether (sulfide) groups is 1. The molecule has 1 aromatic heterocycles. The van der Waals surface area contributed by atoms with Crippen molar-refractivity contribution in [1.29, 1.82) is 0 Å². The molecule has 0 aliphatic heterocycles. The van der Waals surface area contributed by atoms with Crippen LogP contribution in [0.2, 0.25) is 0 Å². The molecular weight excluding hydrogens is 508 g/mol. The number of aromatic nitrogens is 1. The summed E-state index contributed by atoms with van der Waals surface area (Å²) >= 11 is 1.56. The lowest BCUT2D eigenvalue weighted by Gasteiger charge is -2.30. The Labute approximate surface area is 233 Å². The number of carboxylic acids is 1. The molecule has 1 atom stereocenters. The van der Waals surface area contributed by atoms with E-state index >= 15 is 0 Å². The van der Waals surface area contributed by atoms with Crippen molar-refractivity contribution in [3.63, 3.8) is 0 Å². The number of anilines is 1. The van der Waals surface area contributed by atoms with E-state index in [2.05, 4.69) is 4.98 Å². The summed E-state index contributed by atoms with van der Waals surface area (Å²) in [5, 5.41) is 10.3. The third-order valence-electron chi connectivity index (χ3n) is 6.64. The number of pyridine rings is 1. The number of hydrogen-bond acceptors (Lipinski definition) is 5. The lowest BCUT2D eigenvalue weighted by molar-refractivity contribution is -0.138. The van der Waals surface area contributed by atoms with E-state index < -0.39 is 12.0 Å². The third kappa shape index (κ3) is 6.67. The second kappa shape index (κ2) is 13.1. The molecule has 0 saturated heterocycles. The highest BCUT2D eigenvalue weighted by molar-refractivity contribution is 7.98. The molecule has 0 unspecified atom stereocenters. The van der Waals surface area contributed by atoms with Gasteiger partial charge in [-0.05, 0) is 90.4 Å². The summed E-state index contributed by atoms with van der Waals surface area (Å²) in [5.41, 5.74) is 5.59. The topological polar surface area (TPSA) is 79.7 Å². The number of aryl methyl sites for hydroxylation is 2. The van der Waals surface area contributed by atoms with Gasteiger partial charge in [-0.1, -0.05) is 48.5 Å². The first-order chi connectivity index (χ1) is 18.9. The summed E-state index contributed by atoms with van der Waals surface area (Å²) in [6.07, 6.45) is 5.59. The van der Waals surface area contributed by atoms with E-state index in [0.29, 0.717) is 35.8 Å². The number of aliphatic carboxylic acids is 1. The number of carbonyl (C=O) groups excluding carboxylic acids is 1. The quantitative estimate of drug-likeness (QED) is 0.225. The minimum Gasteiger partial charge on any atom is -0.487 e. The summed E-state index contributed by atoms with van der Waals surface area (Å²) in [6, 6.07) is 23.5. The molecule has 4 aromatic rings. The van der Waals surface area contributed by atoms with Crippen LogP contribution in [-0.2, 0) is 11.4 Å². The van der Waals surface area contributed by atoms with Gasteiger partial charge in [0.15, 0.2) is 0 Å². The average Bonchev–Trinajstić information content (AvgIpc) is 2.95. The van der Waals surface area contributed by atoms with E-state index in [0.717, 1.165) is 27.8 Å². The van der Waals surface area contributed by atoms with Crippen molar-refractivity contribution in [1.82, 2.24) is 4.98 Å². The number of benzene rings is 3. The molecule has 1 amide bonds. The van der Waals surface area contributed by atoms with Gasteiger partial charge in [-0.15, -0.1) is 0 Å². The minimum atomic E-state index is -1.03. The molecule has 0 bridgehead atoms. The zero-order chi connectivity index (χ0) is 27.8. The van der Waals surface area contributed by atoms with Crippen LogP contribution >= 0.6 is 11.8 Å².